The molecular weight excluding hydrogens is 448 g/mol. The summed E-state index contributed by atoms with van der Waals surface area (Å²) in [6.07, 6.45) is 9.24. The Morgan fingerprint density at radius 2 is 1.97 bits per heavy atom. The fourth-order valence-electron chi connectivity index (χ4n) is 4.47. The standard InChI is InChI=1S/C22H24N4O4S2/c27-20(25-22-23-9-10-31-22)19(11-14-3-1-2-4-14)26-13-24-18-12-16(7-8-17(18)21(26)28)32(29,30)15-5-6-15/h7-10,12-15,19H,1-6,11H2,(H,23,25,27)/t19-/m0/s1. The number of amides is 1. The van der Waals surface area contributed by atoms with E-state index < -0.39 is 15.9 Å². The molecule has 5 rings (SSSR count). The molecule has 2 fully saturated rings. The van der Waals surface area contributed by atoms with E-state index in [9.17, 15) is 18.0 Å². The quantitative estimate of drug-likeness (QED) is 0.563. The zero-order valence-electron chi connectivity index (χ0n) is 17.4. The fraction of sp³-hybridized carbons (Fsp3) is 0.455. The molecule has 3 aromatic rings. The second-order valence-corrected chi connectivity index (χ2v) is 11.7. The van der Waals surface area contributed by atoms with Gasteiger partial charge in [-0.05, 0) is 43.4 Å². The van der Waals surface area contributed by atoms with Crippen molar-refractivity contribution in [3.63, 3.8) is 0 Å². The molecular formula is C22H24N4O4S2. The number of sulfone groups is 1. The van der Waals surface area contributed by atoms with Crippen molar-refractivity contribution in [2.75, 3.05) is 5.32 Å². The molecule has 1 amide bonds. The van der Waals surface area contributed by atoms with Gasteiger partial charge < -0.3 is 5.32 Å². The monoisotopic (exact) mass is 472 g/mol. The number of hydrogen-bond donors (Lipinski definition) is 1. The summed E-state index contributed by atoms with van der Waals surface area (Å²) in [5.41, 5.74) is -0.0180. The highest BCUT2D eigenvalue weighted by molar-refractivity contribution is 7.92. The molecule has 2 aliphatic carbocycles. The molecule has 1 aromatic carbocycles. The Bertz CT molecular complexity index is 1310. The summed E-state index contributed by atoms with van der Waals surface area (Å²) in [7, 11) is -3.37. The number of nitrogens with one attached hydrogen (secondary N) is 1. The van der Waals surface area contributed by atoms with E-state index in [4.69, 9.17) is 0 Å². The van der Waals surface area contributed by atoms with Crippen LogP contribution in [-0.2, 0) is 14.6 Å². The van der Waals surface area contributed by atoms with E-state index in [1.54, 1.807) is 11.6 Å². The number of carbonyl (C=O) groups excluding carboxylic acids is 1. The lowest BCUT2D eigenvalue weighted by Crippen LogP contribution is -2.34. The van der Waals surface area contributed by atoms with E-state index in [2.05, 4.69) is 15.3 Å². The van der Waals surface area contributed by atoms with Crippen LogP contribution in [0.4, 0.5) is 5.13 Å². The van der Waals surface area contributed by atoms with E-state index in [1.165, 1.54) is 40.4 Å². The van der Waals surface area contributed by atoms with Gasteiger partial charge in [0.1, 0.15) is 6.04 Å². The lowest BCUT2D eigenvalue weighted by molar-refractivity contribution is -0.119. The largest absolute Gasteiger partial charge is 0.300 e. The van der Waals surface area contributed by atoms with Gasteiger partial charge in [-0.15, -0.1) is 11.3 Å². The Kier molecular flexibility index (Phi) is 5.58. The van der Waals surface area contributed by atoms with Crippen molar-refractivity contribution in [2.24, 2.45) is 5.92 Å². The molecule has 168 valence electrons. The summed E-state index contributed by atoms with van der Waals surface area (Å²) in [5.74, 6) is 0.0822. The summed E-state index contributed by atoms with van der Waals surface area (Å²) in [5, 5.41) is 5.06. The first-order chi connectivity index (χ1) is 15.4. The topological polar surface area (TPSA) is 111 Å². The Hall–Kier alpha value is -2.59. The van der Waals surface area contributed by atoms with Crippen LogP contribution >= 0.6 is 11.3 Å². The fourth-order valence-corrected chi connectivity index (χ4v) is 6.67. The maximum Gasteiger partial charge on any atom is 0.261 e. The van der Waals surface area contributed by atoms with E-state index in [1.807, 2.05) is 0 Å². The SMILES string of the molecule is O=C(Nc1nccs1)[C@H](CC1CCCC1)n1cnc2cc(S(=O)(=O)C3CC3)ccc2c1=O. The van der Waals surface area contributed by atoms with Crippen LogP contribution in [0.3, 0.4) is 0 Å². The number of rotatable bonds is 7. The average molecular weight is 473 g/mol. The number of carbonyl (C=O) groups is 1. The predicted molar refractivity (Wildman–Crippen MR) is 123 cm³/mol. The van der Waals surface area contributed by atoms with Crippen LogP contribution in [0.25, 0.3) is 10.9 Å². The highest BCUT2D eigenvalue weighted by Crippen LogP contribution is 2.35. The molecule has 0 bridgehead atoms. The van der Waals surface area contributed by atoms with Gasteiger partial charge in [0.15, 0.2) is 15.0 Å². The minimum absolute atomic E-state index is 0.196. The molecule has 2 heterocycles. The van der Waals surface area contributed by atoms with E-state index in [-0.39, 0.29) is 21.6 Å². The van der Waals surface area contributed by atoms with Crippen LogP contribution in [0.2, 0.25) is 0 Å². The molecule has 2 aromatic heterocycles. The average Bonchev–Trinajstić information content (AvgIpc) is 3.30. The molecule has 0 spiro atoms. The molecule has 0 aliphatic heterocycles. The zero-order valence-corrected chi connectivity index (χ0v) is 19.1. The minimum atomic E-state index is -3.37. The van der Waals surface area contributed by atoms with Crippen molar-refractivity contribution in [1.82, 2.24) is 14.5 Å². The van der Waals surface area contributed by atoms with Crippen molar-refractivity contribution in [2.45, 2.75) is 61.1 Å². The van der Waals surface area contributed by atoms with Gasteiger partial charge >= 0.3 is 0 Å². The van der Waals surface area contributed by atoms with Gasteiger partial charge in [0, 0.05) is 11.6 Å². The third kappa shape index (κ3) is 4.09. The first-order valence-electron chi connectivity index (χ1n) is 10.9. The van der Waals surface area contributed by atoms with Crippen LogP contribution in [0.1, 0.15) is 51.0 Å². The molecule has 0 unspecified atom stereocenters. The van der Waals surface area contributed by atoms with E-state index in [0.717, 1.165) is 25.7 Å². The predicted octanol–water partition coefficient (Wildman–Crippen LogP) is 3.55. The normalized spacial score (nSPS) is 18.1. The van der Waals surface area contributed by atoms with Crippen LogP contribution in [-0.4, -0.2) is 34.1 Å². The second kappa shape index (κ2) is 8.40. The van der Waals surface area contributed by atoms with Crippen molar-refractivity contribution >= 4 is 43.1 Å². The summed E-state index contributed by atoms with van der Waals surface area (Å²) in [6.45, 7) is 0. The first-order valence-corrected chi connectivity index (χ1v) is 13.3. The third-order valence-corrected chi connectivity index (χ3v) is 9.33. The van der Waals surface area contributed by atoms with Crippen LogP contribution < -0.4 is 10.9 Å². The van der Waals surface area contributed by atoms with Crippen molar-refractivity contribution < 1.29 is 13.2 Å². The van der Waals surface area contributed by atoms with Gasteiger partial charge in [-0.2, -0.15) is 0 Å². The highest BCUT2D eigenvalue weighted by atomic mass is 32.2. The third-order valence-electron chi connectivity index (χ3n) is 6.38. The number of aromatic nitrogens is 3. The molecule has 2 aliphatic rings. The first kappa shape index (κ1) is 21.3. The van der Waals surface area contributed by atoms with E-state index in [0.29, 0.717) is 41.2 Å². The second-order valence-electron chi connectivity index (χ2n) is 8.61. The highest BCUT2D eigenvalue weighted by Gasteiger charge is 2.37. The Balaban J connectivity index is 1.51. The lowest BCUT2D eigenvalue weighted by Gasteiger charge is -2.22. The summed E-state index contributed by atoms with van der Waals surface area (Å²) in [6, 6.07) is 3.75. The zero-order chi connectivity index (χ0) is 22.3. The molecule has 8 nitrogen and oxygen atoms in total. The van der Waals surface area contributed by atoms with Gasteiger partial charge in [0.2, 0.25) is 5.91 Å². The van der Waals surface area contributed by atoms with Gasteiger partial charge in [-0.1, -0.05) is 25.7 Å². The summed E-state index contributed by atoms with van der Waals surface area (Å²) in [4.78, 5) is 35.2. The molecule has 2 saturated carbocycles. The Morgan fingerprint density at radius 1 is 1.19 bits per heavy atom. The maximum atomic E-state index is 13.3. The maximum absolute atomic E-state index is 13.3. The van der Waals surface area contributed by atoms with Gasteiger partial charge in [-0.3, -0.25) is 14.2 Å². The molecule has 32 heavy (non-hydrogen) atoms. The van der Waals surface area contributed by atoms with Crippen molar-refractivity contribution in [3.8, 4) is 0 Å². The van der Waals surface area contributed by atoms with Gasteiger partial charge in [0.05, 0.1) is 27.4 Å². The lowest BCUT2D eigenvalue weighted by atomic mass is 9.97. The summed E-state index contributed by atoms with van der Waals surface area (Å²) < 4.78 is 26.5. The molecule has 10 heteroatoms. The number of benzene rings is 1. The molecule has 1 N–H and O–H groups in total. The van der Waals surface area contributed by atoms with Crippen molar-refractivity contribution in [1.29, 1.82) is 0 Å². The van der Waals surface area contributed by atoms with Gasteiger partial charge in [0.25, 0.3) is 5.56 Å². The van der Waals surface area contributed by atoms with Crippen molar-refractivity contribution in [3.05, 3.63) is 46.5 Å². The number of anilines is 1. The van der Waals surface area contributed by atoms with Crippen LogP contribution in [0.5, 0.6) is 0 Å². The van der Waals surface area contributed by atoms with Gasteiger partial charge in [-0.25, -0.2) is 18.4 Å². The van der Waals surface area contributed by atoms with Crippen LogP contribution in [0.15, 0.2) is 45.8 Å². The summed E-state index contributed by atoms with van der Waals surface area (Å²) >= 11 is 1.32. The number of thiazole rings is 1. The minimum Gasteiger partial charge on any atom is -0.300 e. The Morgan fingerprint density at radius 3 is 2.66 bits per heavy atom. The van der Waals surface area contributed by atoms with Crippen LogP contribution in [0, 0.1) is 5.92 Å². The number of hydrogen-bond acceptors (Lipinski definition) is 7. The van der Waals surface area contributed by atoms with E-state index >= 15 is 0 Å². The molecule has 1 atom stereocenters. The Labute approximate surface area is 189 Å². The molecule has 0 saturated heterocycles. The number of nitrogens with zero attached hydrogens (tertiary/aromatic N) is 3. The number of fused-ring (bicyclic) bond motifs is 1. The molecule has 0 radical (unpaired) electrons. The smallest absolute Gasteiger partial charge is 0.261 e.